The molecule has 6 nitrogen and oxygen atoms in total. The topological polar surface area (TPSA) is 67.2 Å². The fourth-order valence-electron chi connectivity index (χ4n) is 4.12. The molecule has 31 heavy (non-hydrogen) atoms. The maximum Gasteiger partial charge on any atom is 0.255 e. The Balaban J connectivity index is 1.43. The van der Waals surface area contributed by atoms with Crippen LogP contribution in [0.1, 0.15) is 56.1 Å². The van der Waals surface area contributed by atoms with Crippen LogP contribution >= 0.6 is 0 Å². The number of hydrogen-bond donors (Lipinski definition) is 1. The highest BCUT2D eigenvalue weighted by molar-refractivity contribution is 5.96. The molecule has 0 atom stereocenters. The van der Waals surface area contributed by atoms with Crippen molar-refractivity contribution in [1.82, 2.24) is 20.0 Å². The molecule has 6 heteroatoms. The molecule has 0 bridgehead atoms. The zero-order valence-corrected chi connectivity index (χ0v) is 18.1. The molecule has 1 aliphatic rings. The van der Waals surface area contributed by atoms with Gasteiger partial charge in [-0.05, 0) is 49.9 Å². The Hall–Kier alpha value is -3.41. The third-order valence-electron chi connectivity index (χ3n) is 5.80. The van der Waals surface area contributed by atoms with E-state index in [-0.39, 0.29) is 11.8 Å². The quantitative estimate of drug-likeness (QED) is 0.666. The minimum atomic E-state index is -0.148. The average molecular weight is 417 g/mol. The first-order valence-electron chi connectivity index (χ1n) is 10.8. The first kappa shape index (κ1) is 20.8. The van der Waals surface area contributed by atoms with Crippen LogP contribution in [0, 0.1) is 13.8 Å². The van der Waals surface area contributed by atoms with Crippen LogP contribution in [-0.2, 0) is 13.1 Å². The van der Waals surface area contributed by atoms with E-state index in [1.807, 2.05) is 78.0 Å². The van der Waals surface area contributed by atoms with E-state index >= 15 is 0 Å². The van der Waals surface area contributed by atoms with Gasteiger partial charge in [-0.1, -0.05) is 42.5 Å². The van der Waals surface area contributed by atoms with Gasteiger partial charge in [0.15, 0.2) is 0 Å². The van der Waals surface area contributed by atoms with Crippen molar-refractivity contribution in [2.24, 2.45) is 0 Å². The van der Waals surface area contributed by atoms with Gasteiger partial charge in [0.2, 0.25) is 0 Å². The maximum atomic E-state index is 12.9. The van der Waals surface area contributed by atoms with Gasteiger partial charge in [-0.2, -0.15) is 5.10 Å². The molecule has 0 saturated carbocycles. The van der Waals surface area contributed by atoms with E-state index in [4.69, 9.17) is 0 Å². The van der Waals surface area contributed by atoms with E-state index in [1.165, 1.54) is 0 Å². The average Bonchev–Trinajstić information content (AvgIpc) is 3.41. The summed E-state index contributed by atoms with van der Waals surface area (Å²) in [6.07, 6.45) is 2.14. The highest BCUT2D eigenvalue weighted by atomic mass is 16.2. The van der Waals surface area contributed by atoms with Crippen molar-refractivity contribution in [3.05, 3.63) is 88.2 Å². The van der Waals surface area contributed by atoms with E-state index in [0.717, 1.165) is 42.8 Å². The molecule has 2 aromatic carbocycles. The van der Waals surface area contributed by atoms with Gasteiger partial charge in [-0.25, -0.2) is 0 Å². The minimum Gasteiger partial charge on any atom is -0.348 e. The predicted octanol–water partition coefficient (Wildman–Crippen LogP) is 3.71. The summed E-state index contributed by atoms with van der Waals surface area (Å²) in [5.74, 6) is -0.0786. The monoisotopic (exact) mass is 416 g/mol. The number of hydrogen-bond acceptors (Lipinski definition) is 3. The molecule has 1 aliphatic heterocycles. The van der Waals surface area contributed by atoms with Gasteiger partial charge in [0.05, 0.1) is 17.8 Å². The Morgan fingerprint density at radius 3 is 2.42 bits per heavy atom. The highest BCUT2D eigenvalue weighted by Gasteiger charge is 2.21. The molecule has 0 spiro atoms. The summed E-state index contributed by atoms with van der Waals surface area (Å²) in [5, 5.41) is 7.56. The van der Waals surface area contributed by atoms with Gasteiger partial charge in [-0.3, -0.25) is 14.3 Å². The Morgan fingerprint density at radius 1 is 0.968 bits per heavy atom. The summed E-state index contributed by atoms with van der Waals surface area (Å²) in [5.41, 5.74) is 4.89. The Kier molecular flexibility index (Phi) is 6.16. The number of aromatic nitrogens is 2. The van der Waals surface area contributed by atoms with E-state index < -0.39 is 0 Å². The van der Waals surface area contributed by atoms with Crippen LogP contribution in [0.3, 0.4) is 0 Å². The zero-order chi connectivity index (χ0) is 21.8. The maximum absolute atomic E-state index is 12.9. The first-order valence-corrected chi connectivity index (χ1v) is 10.8. The zero-order valence-electron chi connectivity index (χ0n) is 18.1. The van der Waals surface area contributed by atoms with Crippen LogP contribution in [0.25, 0.3) is 0 Å². The Labute approximate surface area is 182 Å². The number of aryl methyl sites for hydroxylation is 1. The highest BCUT2D eigenvalue weighted by Crippen LogP contribution is 2.16. The summed E-state index contributed by atoms with van der Waals surface area (Å²) < 4.78 is 1.87. The fraction of sp³-hybridized carbons (Fsp3) is 0.320. The van der Waals surface area contributed by atoms with E-state index in [1.54, 1.807) is 0 Å². The lowest BCUT2D eigenvalue weighted by molar-refractivity contribution is 0.0792. The summed E-state index contributed by atoms with van der Waals surface area (Å²) >= 11 is 0. The molecular weight excluding hydrogens is 388 g/mol. The Morgan fingerprint density at radius 2 is 1.68 bits per heavy atom. The van der Waals surface area contributed by atoms with Crippen molar-refractivity contribution in [3.63, 3.8) is 0 Å². The number of carbonyl (C=O) groups excluding carboxylic acids is 2. The third-order valence-corrected chi connectivity index (χ3v) is 5.80. The number of benzene rings is 2. The number of carbonyl (C=O) groups is 2. The predicted molar refractivity (Wildman–Crippen MR) is 120 cm³/mol. The number of nitrogens with zero attached hydrogens (tertiary/aromatic N) is 3. The van der Waals surface area contributed by atoms with Gasteiger partial charge in [0.1, 0.15) is 0 Å². The molecule has 1 aromatic heterocycles. The molecule has 160 valence electrons. The van der Waals surface area contributed by atoms with Gasteiger partial charge < -0.3 is 10.2 Å². The van der Waals surface area contributed by atoms with Crippen LogP contribution in [0.4, 0.5) is 0 Å². The molecule has 2 heterocycles. The van der Waals surface area contributed by atoms with E-state index in [2.05, 4.69) is 10.4 Å². The number of likely N-dealkylation sites (tertiary alicyclic amines) is 1. The second kappa shape index (κ2) is 9.16. The van der Waals surface area contributed by atoms with Crippen molar-refractivity contribution in [1.29, 1.82) is 0 Å². The van der Waals surface area contributed by atoms with Crippen molar-refractivity contribution in [3.8, 4) is 0 Å². The second-order valence-corrected chi connectivity index (χ2v) is 8.07. The molecule has 0 radical (unpaired) electrons. The van der Waals surface area contributed by atoms with Crippen LogP contribution in [-0.4, -0.2) is 39.6 Å². The first-order chi connectivity index (χ1) is 15.0. The summed E-state index contributed by atoms with van der Waals surface area (Å²) in [6, 6.07) is 17.6. The van der Waals surface area contributed by atoms with Gasteiger partial charge in [0, 0.05) is 30.9 Å². The summed E-state index contributed by atoms with van der Waals surface area (Å²) in [6.45, 7) is 6.42. The minimum absolute atomic E-state index is 0.0690. The number of rotatable bonds is 6. The summed E-state index contributed by atoms with van der Waals surface area (Å²) in [4.78, 5) is 27.4. The van der Waals surface area contributed by atoms with Crippen molar-refractivity contribution in [2.45, 2.75) is 39.8 Å². The number of nitrogens with one attached hydrogen (secondary N) is 1. The molecule has 1 N–H and O–H groups in total. The molecule has 1 saturated heterocycles. The van der Waals surface area contributed by atoms with Gasteiger partial charge in [-0.15, -0.1) is 0 Å². The van der Waals surface area contributed by atoms with Crippen LogP contribution in [0.15, 0.2) is 54.6 Å². The molecule has 0 unspecified atom stereocenters. The molecule has 1 fully saturated rings. The van der Waals surface area contributed by atoms with Crippen LogP contribution in [0.5, 0.6) is 0 Å². The fourth-order valence-corrected chi connectivity index (χ4v) is 4.12. The van der Waals surface area contributed by atoms with Crippen LogP contribution < -0.4 is 5.32 Å². The molecule has 2 amide bonds. The lowest BCUT2D eigenvalue weighted by atomic mass is 10.1. The largest absolute Gasteiger partial charge is 0.348 e. The molecule has 0 aliphatic carbocycles. The van der Waals surface area contributed by atoms with Crippen molar-refractivity contribution >= 4 is 11.8 Å². The van der Waals surface area contributed by atoms with Gasteiger partial charge >= 0.3 is 0 Å². The lowest BCUT2D eigenvalue weighted by Crippen LogP contribution is -2.28. The smallest absolute Gasteiger partial charge is 0.255 e. The van der Waals surface area contributed by atoms with E-state index in [9.17, 15) is 9.59 Å². The van der Waals surface area contributed by atoms with Gasteiger partial charge in [0.25, 0.3) is 11.8 Å². The molecular formula is C25H28N4O2. The standard InChI is InChI=1S/C25H28N4O2/c1-18-23(19(2)29(27-18)17-20-9-4-3-5-10-20)24(30)26-16-21-11-8-12-22(15-21)25(31)28-13-6-7-14-28/h3-5,8-12,15H,6-7,13-14,16-17H2,1-2H3,(H,26,30). The lowest BCUT2D eigenvalue weighted by Gasteiger charge is -2.15. The van der Waals surface area contributed by atoms with E-state index in [0.29, 0.717) is 29.9 Å². The van der Waals surface area contributed by atoms with Crippen molar-refractivity contribution < 1.29 is 9.59 Å². The SMILES string of the molecule is Cc1nn(Cc2ccccc2)c(C)c1C(=O)NCc1cccc(C(=O)N2CCCC2)c1. The second-order valence-electron chi connectivity index (χ2n) is 8.07. The normalized spacial score (nSPS) is 13.4. The Bertz CT molecular complexity index is 1080. The van der Waals surface area contributed by atoms with Crippen LogP contribution in [0.2, 0.25) is 0 Å². The summed E-state index contributed by atoms with van der Waals surface area (Å²) in [7, 11) is 0. The number of amides is 2. The van der Waals surface area contributed by atoms with Crippen molar-refractivity contribution in [2.75, 3.05) is 13.1 Å². The third kappa shape index (κ3) is 4.68. The molecule has 4 rings (SSSR count). The molecule has 3 aromatic rings.